The minimum Gasteiger partial charge on any atom is -0.463 e. The van der Waals surface area contributed by atoms with Crippen LogP contribution in [-0.2, 0) is 55.8 Å². The van der Waals surface area contributed by atoms with Crippen molar-refractivity contribution in [1.29, 1.82) is 0 Å². The van der Waals surface area contributed by atoms with Crippen molar-refractivity contribution in [2.24, 2.45) is 0 Å². The van der Waals surface area contributed by atoms with E-state index in [-0.39, 0.29) is 19.3 Å². The van der Waals surface area contributed by atoms with Gasteiger partial charge in [0.15, 0.2) is 6.10 Å². The van der Waals surface area contributed by atoms with E-state index in [2.05, 4.69) is 142 Å². The molecule has 16 nitrogen and oxygen atoms in total. The number of allylic oxidation sites excluding steroid dienone is 20. The van der Waals surface area contributed by atoms with Gasteiger partial charge in [-0.15, -0.1) is 0 Å². The smallest absolute Gasteiger partial charge is 0.463 e. The number of carbonyl (C=O) groups excluding carboxylic acids is 3. The predicted molar refractivity (Wildman–Crippen MR) is 473 cm³/mol. The molecule has 0 amide bonds. The zero-order valence-corrected chi connectivity index (χ0v) is 73.8. The zero-order valence-electron chi connectivity index (χ0n) is 72.0. The van der Waals surface area contributed by atoms with Gasteiger partial charge in [0.25, 0.3) is 0 Å². The highest BCUT2D eigenvalue weighted by Crippen LogP contribution is 2.45. The molecule has 654 valence electrons. The molecule has 0 fully saturated rings. The summed E-state index contributed by atoms with van der Waals surface area (Å²) in [5.41, 5.74) is 0. The number of aliphatic hydroxyl groups excluding tert-OH is 2. The number of unbranched alkanes of at least 4 members (excludes halogenated alkanes) is 44. The fourth-order valence-corrected chi connectivity index (χ4v) is 14.4. The second kappa shape index (κ2) is 87.3. The van der Waals surface area contributed by atoms with Gasteiger partial charge in [-0.05, 0) is 109 Å². The largest absolute Gasteiger partial charge is 0.472 e. The maximum absolute atomic E-state index is 13.0. The van der Waals surface area contributed by atoms with Gasteiger partial charge in [-0.25, -0.2) is 9.13 Å². The molecule has 0 aliphatic carbocycles. The monoisotopic (exact) mass is 1630 g/mol. The summed E-state index contributed by atoms with van der Waals surface area (Å²) in [4.78, 5) is 58.9. The van der Waals surface area contributed by atoms with Crippen molar-refractivity contribution in [2.75, 3.05) is 39.6 Å². The molecule has 0 aliphatic heterocycles. The van der Waals surface area contributed by atoms with Crippen molar-refractivity contribution in [1.82, 2.24) is 0 Å². The third-order valence-electron chi connectivity index (χ3n) is 19.7. The van der Waals surface area contributed by atoms with Crippen molar-refractivity contribution in [3.05, 3.63) is 122 Å². The SMILES string of the molecule is CC/C=C\C/C=C\C/C=C\C/C=C\C/C=C\CCCCCCCCCCCCCCCCCC(=O)OCC(O)COP(=O)(O)OCC(O)COP(=O)(O)OCC(COC(=O)CCCCCCCCCCCCCCCCC/C=C\C/C=C\C/C=C\C/C=C\C/C=C\CC)OC(=O)CCCCCCCCCCCCCCCCC. The van der Waals surface area contributed by atoms with Crippen LogP contribution in [0.4, 0.5) is 0 Å². The van der Waals surface area contributed by atoms with E-state index in [4.69, 9.17) is 32.3 Å². The van der Waals surface area contributed by atoms with E-state index in [1.165, 1.54) is 218 Å². The number of phosphoric acid groups is 2. The summed E-state index contributed by atoms with van der Waals surface area (Å²) in [6.45, 7) is 2.53. The molecule has 0 spiro atoms. The van der Waals surface area contributed by atoms with Crippen LogP contribution in [0.25, 0.3) is 0 Å². The van der Waals surface area contributed by atoms with Crippen molar-refractivity contribution in [3.8, 4) is 0 Å². The molecule has 4 N–H and O–H groups in total. The number of esters is 3. The van der Waals surface area contributed by atoms with Crippen LogP contribution in [0.5, 0.6) is 0 Å². The second-order valence-electron chi connectivity index (χ2n) is 30.7. The first-order valence-corrected chi connectivity index (χ1v) is 48.8. The third kappa shape index (κ3) is 88.6. The van der Waals surface area contributed by atoms with Crippen LogP contribution in [0.2, 0.25) is 0 Å². The van der Waals surface area contributed by atoms with Crippen molar-refractivity contribution in [3.63, 3.8) is 0 Å². The maximum atomic E-state index is 13.0. The Morgan fingerprint density at radius 3 is 0.743 bits per heavy atom. The van der Waals surface area contributed by atoms with Gasteiger partial charge in [0.1, 0.15) is 25.4 Å². The Balaban J connectivity index is 4.45. The van der Waals surface area contributed by atoms with Crippen LogP contribution in [0.1, 0.15) is 406 Å². The van der Waals surface area contributed by atoms with Crippen molar-refractivity contribution in [2.45, 2.75) is 424 Å². The van der Waals surface area contributed by atoms with Crippen molar-refractivity contribution < 1.29 is 75.8 Å². The molecule has 113 heavy (non-hydrogen) atoms. The summed E-state index contributed by atoms with van der Waals surface area (Å²) in [6, 6.07) is 0. The lowest BCUT2D eigenvalue weighted by atomic mass is 10.0. The Morgan fingerprint density at radius 2 is 0.469 bits per heavy atom. The molecule has 0 radical (unpaired) electrons. The highest BCUT2D eigenvalue weighted by molar-refractivity contribution is 7.47. The summed E-state index contributed by atoms with van der Waals surface area (Å²) >= 11 is 0. The van der Waals surface area contributed by atoms with E-state index < -0.39 is 91.5 Å². The van der Waals surface area contributed by atoms with Crippen molar-refractivity contribution >= 4 is 33.6 Å². The summed E-state index contributed by atoms with van der Waals surface area (Å²) < 4.78 is 61.4. The molecule has 0 heterocycles. The van der Waals surface area contributed by atoms with E-state index >= 15 is 0 Å². The van der Waals surface area contributed by atoms with Crippen LogP contribution in [0.3, 0.4) is 0 Å². The maximum Gasteiger partial charge on any atom is 0.472 e. The van der Waals surface area contributed by atoms with Gasteiger partial charge >= 0.3 is 33.6 Å². The molecule has 0 saturated heterocycles. The summed E-state index contributed by atoms with van der Waals surface area (Å²) in [6.07, 6.45) is 107. The molecule has 18 heteroatoms. The van der Waals surface area contributed by atoms with E-state index in [9.17, 15) is 43.5 Å². The molecular weight excluding hydrogens is 1460 g/mol. The Hall–Kier alpha value is -4.05. The van der Waals surface area contributed by atoms with Crippen LogP contribution >= 0.6 is 15.6 Å². The standard InChI is InChI=1S/C95H168O16P2/c1-4-7-10-13-16-19-22-25-28-30-32-34-36-38-40-42-44-46-48-50-52-54-56-58-61-63-66-69-72-75-78-81-93(98)105-84-90(96)85-107-112(101,102)108-86-91(97)87-109-113(103,104)110-89-92(111-95(100)83-80-77-74-71-68-65-60-27-24-21-18-15-12-9-6-3)88-106-94(99)82-79-76-73-70-67-64-62-59-57-55-53-51-49-47-45-43-41-39-37-35-33-31-29-26-23-20-17-14-11-8-5-2/h7-8,10-11,16-17,19-20,25-26,28-29,32-35,38-41,90-92,96-97H,4-6,9,12-15,18,21-24,27,30-31,36-37,42-89H2,1-3H3,(H,101,102)(H,103,104)/b10-7-,11-8-,19-16-,20-17-,28-25-,29-26-,34-32-,35-33-,40-38-,41-39-. The van der Waals surface area contributed by atoms with E-state index in [1.807, 2.05) is 0 Å². The number of aliphatic hydroxyl groups is 2. The van der Waals surface area contributed by atoms with Gasteiger partial charge in [0.2, 0.25) is 0 Å². The van der Waals surface area contributed by atoms with Crippen LogP contribution in [0, 0.1) is 0 Å². The molecule has 0 rings (SSSR count). The molecular formula is C95H168O16P2. The minimum absolute atomic E-state index is 0.110. The molecule has 0 aromatic rings. The number of phosphoric ester groups is 2. The lowest BCUT2D eigenvalue weighted by Gasteiger charge is -2.21. The summed E-state index contributed by atoms with van der Waals surface area (Å²) in [5, 5.41) is 20.7. The third-order valence-corrected chi connectivity index (χ3v) is 21.6. The number of rotatable bonds is 87. The first kappa shape index (κ1) is 109. The average molecular weight is 1630 g/mol. The Bertz CT molecular complexity index is 2540. The molecule has 0 saturated carbocycles. The minimum atomic E-state index is -4.93. The zero-order chi connectivity index (χ0) is 82.2. The van der Waals surface area contributed by atoms with Gasteiger partial charge in [0.05, 0.1) is 26.4 Å². The highest BCUT2D eigenvalue weighted by atomic mass is 31.2. The lowest BCUT2D eigenvalue weighted by Crippen LogP contribution is -2.30. The highest BCUT2D eigenvalue weighted by Gasteiger charge is 2.29. The molecule has 5 unspecified atom stereocenters. The number of carbonyl (C=O) groups is 3. The second-order valence-corrected chi connectivity index (χ2v) is 33.6. The predicted octanol–water partition coefficient (Wildman–Crippen LogP) is 28.0. The first-order chi connectivity index (χ1) is 55.2. The Morgan fingerprint density at radius 1 is 0.257 bits per heavy atom. The number of ether oxygens (including phenoxy) is 3. The van der Waals surface area contributed by atoms with Crippen LogP contribution < -0.4 is 0 Å². The molecule has 0 aliphatic rings. The van der Waals surface area contributed by atoms with Crippen LogP contribution in [0.15, 0.2) is 122 Å². The van der Waals surface area contributed by atoms with Crippen LogP contribution in [-0.4, -0.2) is 95.9 Å². The molecule has 0 aromatic heterocycles. The molecule has 0 bridgehead atoms. The van der Waals surface area contributed by atoms with Gasteiger partial charge in [-0.1, -0.05) is 399 Å². The fraction of sp³-hybridized carbons (Fsp3) is 0.758. The Labute approximate surface area is 691 Å². The van der Waals surface area contributed by atoms with Gasteiger partial charge in [-0.3, -0.25) is 32.5 Å². The number of hydrogen-bond donors (Lipinski definition) is 4. The van der Waals surface area contributed by atoms with Gasteiger partial charge in [-0.2, -0.15) is 0 Å². The first-order valence-electron chi connectivity index (χ1n) is 45.8. The topological polar surface area (TPSA) is 231 Å². The normalized spacial score (nSPS) is 14.4. The number of hydrogen-bond acceptors (Lipinski definition) is 14. The lowest BCUT2D eigenvalue weighted by molar-refractivity contribution is -0.161. The summed E-state index contributed by atoms with van der Waals surface area (Å²) in [7, 11) is -9.79. The van der Waals surface area contributed by atoms with E-state index in [0.29, 0.717) is 19.3 Å². The van der Waals surface area contributed by atoms with E-state index in [0.717, 1.165) is 128 Å². The quantitative estimate of drug-likeness (QED) is 0.0146. The average Bonchev–Trinajstić information content (AvgIpc) is 0.903. The molecule has 5 atom stereocenters. The van der Waals surface area contributed by atoms with Gasteiger partial charge < -0.3 is 34.2 Å². The fourth-order valence-electron chi connectivity index (χ4n) is 12.8. The Kier molecular flexibility index (Phi) is 84.1. The van der Waals surface area contributed by atoms with Gasteiger partial charge in [0, 0.05) is 19.3 Å². The summed E-state index contributed by atoms with van der Waals surface area (Å²) in [5.74, 6) is -1.55. The van der Waals surface area contributed by atoms with E-state index in [1.54, 1.807) is 0 Å². The molecule has 0 aromatic carbocycles.